The Bertz CT molecular complexity index is 993. The SMILES string of the molecule is COc1cc(C(=O)Nc2ccc(Br)c(C)c2)cc(I)c1OCc1ccccc1. The van der Waals surface area contributed by atoms with Gasteiger partial charge in [-0.2, -0.15) is 0 Å². The van der Waals surface area contributed by atoms with E-state index in [0.29, 0.717) is 23.7 Å². The van der Waals surface area contributed by atoms with Gasteiger partial charge in [-0.05, 0) is 71.0 Å². The molecule has 1 N–H and O–H groups in total. The van der Waals surface area contributed by atoms with Crippen LogP contribution in [0, 0.1) is 10.5 Å². The summed E-state index contributed by atoms with van der Waals surface area (Å²) in [6.45, 7) is 2.40. The first-order valence-corrected chi connectivity index (χ1v) is 10.5. The normalized spacial score (nSPS) is 10.4. The van der Waals surface area contributed by atoms with E-state index in [-0.39, 0.29) is 5.91 Å². The van der Waals surface area contributed by atoms with Gasteiger partial charge in [0.05, 0.1) is 10.7 Å². The van der Waals surface area contributed by atoms with Crippen LogP contribution in [0.4, 0.5) is 5.69 Å². The molecule has 28 heavy (non-hydrogen) atoms. The van der Waals surface area contributed by atoms with Gasteiger partial charge in [-0.15, -0.1) is 0 Å². The molecule has 0 aliphatic heterocycles. The number of halogens is 2. The third-order valence-corrected chi connectivity index (χ3v) is 5.82. The molecule has 4 nitrogen and oxygen atoms in total. The van der Waals surface area contributed by atoms with E-state index in [2.05, 4.69) is 43.8 Å². The first-order chi connectivity index (χ1) is 13.5. The van der Waals surface area contributed by atoms with Crippen LogP contribution in [0.25, 0.3) is 0 Å². The number of hydrogen-bond acceptors (Lipinski definition) is 3. The summed E-state index contributed by atoms with van der Waals surface area (Å²) in [7, 11) is 1.57. The number of aryl methyl sites for hydroxylation is 1. The Morgan fingerprint density at radius 2 is 1.86 bits per heavy atom. The van der Waals surface area contributed by atoms with Crippen LogP contribution in [0.3, 0.4) is 0 Å². The first kappa shape index (κ1) is 20.7. The number of hydrogen-bond donors (Lipinski definition) is 1. The van der Waals surface area contributed by atoms with Crippen molar-refractivity contribution in [3.05, 3.63) is 85.4 Å². The highest BCUT2D eigenvalue weighted by Crippen LogP contribution is 2.35. The summed E-state index contributed by atoms with van der Waals surface area (Å²) in [6.07, 6.45) is 0. The molecule has 144 valence electrons. The standard InChI is InChI=1S/C22H19BrINO3/c1-14-10-17(8-9-18(14)23)25-22(26)16-11-19(24)21(20(12-16)27-2)28-13-15-6-4-3-5-7-15/h3-12H,13H2,1-2H3,(H,25,26). The van der Waals surface area contributed by atoms with Crippen LogP contribution < -0.4 is 14.8 Å². The molecule has 0 aliphatic rings. The fourth-order valence-electron chi connectivity index (χ4n) is 2.65. The highest BCUT2D eigenvalue weighted by atomic mass is 127. The molecule has 0 aliphatic carbocycles. The predicted molar refractivity (Wildman–Crippen MR) is 123 cm³/mol. The van der Waals surface area contributed by atoms with Crippen LogP contribution in [0.2, 0.25) is 0 Å². The molecule has 3 aromatic rings. The Balaban J connectivity index is 1.79. The molecule has 0 heterocycles. The summed E-state index contributed by atoms with van der Waals surface area (Å²) in [6, 6.07) is 19.1. The minimum atomic E-state index is -0.201. The third kappa shape index (κ3) is 5.05. The van der Waals surface area contributed by atoms with Crippen LogP contribution >= 0.6 is 38.5 Å². The molecule has 0 fully saturated rings. The molecular formula is C22H19BrINO3. The molecule has 0 atom stereocenters. The number of ether oxygens (including phenoxy) is 2. The van der Waals surface area contributed by atoms with E-state index in [1.807, 2.05) is 55.5 Å². The second kappa shape index (κ2) is 9.43. The molecule has 0 aromatic heterocycles. The van der Waals surface area contributed by atoms with Crippen molar-refractivity contribution >= 4 is 50.1 Å². The average Bonchev–Trinajstić information content (AvgIpc) is 2.70. The van der Waals surface area contributed by atoms with Crippen molar-refractivity contribution in [1.82, 2.24) is 0 Å². The monoisotopic (exact) mass is 551 g/mol. The van der Waals surface area contributed by atoms with E-state index < -0.39 is 0 Å². The number of anilines is 1. The van der Waals surface area contributed by atoms with E-state index in [1.54, 1.807) is 19.2 Å². The Morgan fingerprint density at radius 1 is 1.11 bits per heavy atom. The van der Waals surface area contributed by atoms with Crippen molar-refractivity contribution in [3.63, 3.8) is 0 Å². The topological polar surface area (TPSA) is 47.6 Å². The minimum absolute atomic E-state index is 0.201. The van der Waals surface area contributed by atoms with Crippen molar-refractivity contribution in [2.75, 3.05) is 12.4 Å². The second-order valence-corrected chi connectivity index (χ2v) is 8.20. The summed E-state index contributed by atoms with van der Waals surface area (Å²) in [5, 5.41) is 2.92. The van der Waals surface area contributed by atoms with Crippen molar-refractivity contribution in [3.8, 4) is 11.5 Å². The Hall–Kier alpha value is -2.06. The highest BCUT2D eigenvalue weighted by molar-refractivity contribution is 14.1. The molecule has 1 amide bonds. The van der Waals surface area contributed by atoms with Crippen molar-refractivity contribution in [2.24, 2.45) is 0 Å². The lowest BCUT2D eigenvalue weighted by molar-refractivity contribution is 0.102. The summed E-state index contributed by atoms with van der Waals surface area (Å²) in [5.74, 6) is 0.954. The summed E-state index contributed by atoms with van der Waals surface area (Å²) in [4.78, 5) is 12.7. The van der Waals surface area contributed by atoms with Gasteiger partial charge in [-0.3, -0.25) is 4.79 Å². The zero-order valence-corrected chi connectivity index (χ0v) is 19.2. The van der Waals surface area contributed by atoms with E-state index >= 15 is 0 Å². The largest absolute Gasteiger partial charge is 0.493 e. The molecule has 3 rings (SSSR count). The smallest absolute Gasteiger partial charge is 0.255 e. The molecule has 0 saturated carbocycles. The number of carbonyl (C=O) groups is 1. The fourth-order valence-corrected chi connectivity index (χ4v) is 3.65. The molecule has 6 heteroatoms. The van der Waals surface area contributed by atoms with Crippen LogP contribution in [-0.2, 0) is 6.61 Å². The quantitative estimate of drug-likeness (QED) is 0.371. The number of carbonyl (C=O) groups excluding carboxylic acids is 1. The number of rotatable bonds is 6. The highest BCUT2D eigenvalue weighted by Gasteiger charge is 2.16. The van der Waals surface area contributed by atoms with Gasteiger partial charge >= 0.3 is 0 Å². The number of methoxy groups -OCH3 is 1. The zero-order chi connectivity index (χ0) is 20.1. The van der Waals surface area contributed by atoms with Crippen LogP contribution in [0.1, 0.15) is 21.5 Å². The molecule has 0 bridgehead atoms. The van der Waals surface area contributed by atoms with Gasteiger partial charge in [0, 0.05) is 15.7 Å². The number of benzene rings is 3. The van der Waals surface area contributed by atoms with Gasteiger partial charge in [0.25, 0.3) is 5.91 Å². The lowest BCUT2D eigenvalue weighted by atomic mass is 10.1. The summed E-state index contributed by atoms with van der Waals surface area (Å²) >= 11 is 5.62. The van der Waals surface area contributed by atoms with Gasteiger partial charge in [-0.1, -0.05) is 46.3 Å². The predicted octanol–water partition coefficient (Wildman–Crippen LogP) is 6.20. The number of amides is 1. The van der Waals surface area contributed by atoms with E-state index in [4.69, 9.17) is 9.47 Å². The van der Waals surface area contributed by atoms with Crippen LogP contribution in [0.15, 0.2) is 65.1 Å². The van der Waals surface area contributed by atoms with Crippen molar-refractivity contribution in [1.29, 1.82) is 0 Å². The lowest BCUT2D eigenvalue weighted by Crippen LogP contribution is -2.13. The molecule has 0 unspecified atom stereocenters. The van der Waals surface area contributed by atoms with Crippen molar-refractivity contribution < 1.29 is 14.3 Å². The number of nitrogens with one attached hydrogen (secondary N) is 1. The maximum atomic E-state index is 12.7. The maximum absolute atomic E-state index is 12.7. The second-order valence-electron chi connectivity index (χ2n) is 6.18. The molecule has 0 radical (unpaired) electrons. The Labute approximate surface area is 186 Å². The maximum Gasteiger partial charge on any atom is 0.255 e. The van der Waals surface area contributed by atoms with Gasteiger partial charge in [0.2, 0.25) is 0 Å². The van der Waals surface area contributed by atoms with Crippen LogP contribution in [-0.4, -0.2) is 13.0 Å². The Morgan fingerprint density at radius 3 is 2.54 bits per heavy atom. The fraction of sp³-hybridized carbons (Fsp3) is 0.136. The minimum Gasteiger partial charge on any atom is -0.493 e. The van der Waals surface area contributed by atoms with E-state index in [0.717, 1.165) is 24.9 Å². The third-order valence-electron chi connectivity index (χ3n) is 4.13. The first-order valence-electron chi connectivity index (χ1n) is 8.59. The van der Waals surface area contributed by atoms with Crippen molar-refractivity contribution in [2.45, 2.75) is 13.5 Å². The molecule has 3 aromatic carbocycles. The van der Waals surface area contributed by atoms with E-state index in [1.165, 1.54) is 0 Å². The summed E-state index contributed by atoms with van der Waals surface area (Å²) < 4.78 is 13.2. The van der Waals surface area contributed by atoms with Crippen LogP contribution in [0.5, 0.6) is 11.5 Å². The Kier molecular flexibility index (Phi) is 6.96. The van der Waals surface area contributed by atoms with Gasteiger partial charge in [-0.25, -0.2) is 0 Å². The molecule has 0 spiro atoms. The van der Waals surface area contributed by atoms with Gasteiger partial charge in [0.15, 0.2) is 11.5 Å². The lowest BCUT2D eigenvalue weighted by Gasteiger charge is -2.15. The van der Waals surface area contributed by atoms with Gasteiger partial charge < -0.3 is 14.8 Å². The average molecular weight is 552 g/mol. The molecule has 0 saturated heterocycles. The van der Waals surface area contributed by atoms with E-state index in [9.17, 15) is 4.79 Å². The van der Waals surface area contributed by atoms with Gasteiger partial charge in [0.1, 0.15) is 6.61 Å². The summed E-state index contributed by atoms with van der Waals surface area (Å²) in [5.41, 5.74) is 3.36. The molecular weight excluding hydrogens is 533 g/mol. The zero-order valence-electron chi connectivity index (χ0n) is 15.5.